The molecule has 1 fully saturated rings. The average Bonchev–Trinajstić information content (AvgIpc) is 2.97. The van der Waals surface area contributed by atoms with Crippen molar-refractivity contribution in [3.8, 4) is 5.69 Å². The van der Waals surface area contributed by atoms with Crippen molar-refractivity contribution in [2.24, 2.45) is 0 Å². The first-order valence-electron chi connectivity index (χ1n) is 8.25. The number of carbonyl (C=O) groups excluding carboxylic acids is 1. The Balaban J connectivity index is 1.68. The monoisotopic (exact) mass is 416 g/mol. The van der Waals surface area contributed by atoms with Crippen LogP contribution in [0.5, 0.6) is 0 Å². The normalized spacial score (nSPS) is 15.2. The minimum Gasteiger partial charge on any atom is -0.379 e. The fourth-order valence-corrected chi connectivity index (χ4v) is 3.77. The minimum atomic E-state index is -0.235. The number of carbonyl (C=O) groups is 1. The molecular weight excluding hydrogens is 399 g/mol. The van der Waals surface area contributed by atoms with E-state index in [9.17, 15) is 4.79 Å². The van der Waals surface area contributed by atoms with E-state index in [1.54, 1.807) is 22.9 Å². The van der Waals surface area contributed by atoms with Crippen LogP contribution in [0, 0.1) is 6.92 Å². The second-order valence-corrected chi connectivity index (χ2v) is 7.26. The molecular formula is C17H19Cl3N4O2. The van der Waals surface area contributed by atoms with Crippen LogP contribution >= 0.6 is 34.8 Å². The van der Waals surface area contributed by atoms with E-state index in [1.165, 1.54) is 0 Å². The number of morpholine rings is 1. The van der Waals surface area contributed by atoms with Gasteiger partial charge in [0.2, 0.25) is 0 Å². The molecule has 3 rings (SSSR count). The van der Waals surface area contributed by atoms with Crippen molar-refractivity contribution in [2.75, 3.05) is 39.4 Å². The number of nitrogens with zero attached hydrogens (tertiary/aromatic N) is 3. The maximum atomic E-state index is 12.4. The Bertz CT molecular complexity index is 780. The van der Waals surface area contributed by atoms with Crippen molar-refractivity contribution in [1.82, 2.24) is 20.0 Å². The van der Waals surface area contributed by atoms with Crippen LogP contribution < -0.4 is 5.32 Å². The molecule has 0 aliphatic carbocycles. The van der Waals surface area contributed by atoms with Gasteiger partial charge in [-0.3, -0.25) is 9.69 Å². The Morgan fingerprint density at radius 1 is 1.19 bits per heavy atom. The molecule has 9 heteroatoms. The maximum absolute atomic E-state index is 12.4. The molecule has 1 aliphatic rings. The fourth-order valence-electron chi connectivity index (χ4n) is 2.79. The number of rotatable bonds is 5. The Kier molecular flexibility index (Phi) is 6.42. The zero-order valence-electron chi connectivity index (χ0n) is 14.3. The summed E-state index contributed by atoms with van der Waals surface area (Å²) < 4.78 is 6.86. The number of hydrogen-bond acceptors (Lipinski definition) is 4. The smallest absolute Gasteiger partial charge is 0.271 e. The number of aromatic nitrogens is 2. The first kappa shape index (κ1) is 19.5. The van der Waals surface area contributed by atoms with E-state index >= 15 is 0 Å². The third kappa shape index (κ3) is 4.50. The maximum Gasteiger partial charge on any atom is 0.271 e. The molecule has 1 amide bonds. The van der Waals surface area contributed by atoms with Crippen LogP contribution in [0.3, 0.4) is 0 Å². The first-order chi connectivity index (χ1) is 12.5. The Hall–Kier alpha value is -1.31. The molecule has 6 nitrogen and oxygen atoms in total. The number of halogens is 3. The van der Waals surface area contributed by atoms with Crippen molar-refractivity contribution in [3.63, 3.8) is 0 Å². The van der Waals surface area contributed by atoms with E-state index in [2.05, 4.69) is 15.3 Å². The van der Waals surface area contributed by atoms with E-state index in [-0.39, 0.29) is 5.91 Å². The van der Waals surface area contributed by atoms with Crippen molar-refractivity contribution < 1.29 is 9.53 Å². The SMILES string of the molecule is Cc1cc(C(=O)NCCN2CCOCC2)nn1-c1c(Cl)cc(Cl)cc1Cl. The summed E-state index contributed by atoms with van der Waals surface area (Å²) in [7, 11) is 0. The lowest BCUT2D eigenvalue weighted by Crippen LogP contribution is -2.41. The second-order valence-electron chi connectivity index (χ2n) is 6.01. The summed E-state index contributed by atoms with van der Waals surface area (Å²) in [6.07, 6.45) is 0. The molecule has 1 saturated heterocycles. The van der Waals surface area contributed by atoms with Crippen LogP contribution in [-0.4, -0.2) is 60.0 Å². The molecule has 2 aromatic rings. The van der Waals surface area contributed by atoms with Crippen molar-refractivity contribution >= 4 is 40.7 Å². The lowest BCUT2D eigenvalue weighted by molar-refractivity contribution is 0.0383. The third-order valence-electron chi connectivity index (χ3n) is 4.13. The summed E-state index contributed by atoms with van der Waals surface area (Å²) >= 11 is 18.5. The van der Waals surface area contributed by atoms with Gasteiger partial charge in [-0.2, -0.15) is 5.10 Å². The van der Waals surface area contributed by atoms with Gasteiger partial charge in [0, 0.05) is 36.9 Å². The van der Waals surface area contributed by atoms with Crippen LogP contribution in [0.15, 0.2) is 18.2 Å². The van der Waals surface area contributed by atoms with Crippen molar-refractivity contribution in [3.05, 3.63) is 44.7 Å². The summed E-state index contributed by atoms with van der Waals surface area (Å²) in [5.41, 5.74) is 1.56. The van der Waals surface area contributed by atoms with Gasteiger partial charge in [-0.15, -0.1) is 0 Å². The largest absolute Gasteiger partial charge is 0.379 e. The fraction of sp³-hybridized carbons (Fsp3) is 0.412. The molecule has 2 heterocycles. The van der Waals surface area contributed by atoms with Gasteiger partial charge in [-0.1, -0.05) is 34.8 Å². The number of hydrogen-bond donors (Lipinski definition) is 1. The highest BCUT2D eigenvalue weighted by molar-refractivity contribution is 6.40. The zero-order valence-corrected chi connectivity index (χ0v) is 16.5. The van der Waals surface area contributed by atoms with Crippen molar-refractivity contribution in [1.29, 1.82) is 0 Å². The standard InChI is InChI=1S/C17H19Cl3N4O2/c1-11-8-15(17(25)21-2-3-23-4-6-26-7-5-23)22-24(11)16-13(19)9-12(18)10-14(16)20/h8-10H,2-7H2,1H3,(H,21,25). The summed E-state index contributed by atoms with van der Waals surface area (Å²) in [4.78, 5) is 14.6. The van der Waals surface area contributed by atoms with Gasteiger partial charge in [0.1, 0.15) is 5.69 Å². The summed E-state index contributed by atoms with van der Waals surface area (Å²) in [5, 5.41) is 8.42. The number of amides is 1. The van der Waals surface area contributed by atoms with E-state index in [1.807, 2.05) is 6.92 Å². The molecule has 0 radical (unpaired) electrons. The predicted molar refractivity (Wildman–Crippen MR) is 103 cm³/mol. The lowest BCUT2D eigenvalue weighted by Gasteiger charge is -2.26. The van der Waals surface area contributed by atoms with Crippen LogP contribution in [0.1, 0.15) is 16.2 Å². The molecule has 26 heavy (non-hydrogen) atoms. The molecule has 140 valence electrons. The minimum absolute atomic E-state index is 0.235. The molecule has 0 atom stereocenters. The van der Waals surface area contributed by atoms with Gasteiger partial charge >= 0.3 is 0 Å². The molecule has 0 spiro atoms. The van der Waals surface area contributed by atoms with E-state index in [4.69, 9.17) is 39.5 Å². The number of nitrogens with one attached hydrogen (secondary N) is 1. The average molecular weight is 418 g/mol. The molecule has 1 aliphatic heterocycles. The summed E-state index contributed by atoms with van der Waals surface area (Å²) in [5.74, 6) is -0.235. The van der Waals surface area contributed by atoms with E-state index < -0.39 is 0 Å². The number of benzene rings is 1. The zero-order chi connectivity index (χ0) is 18.7. The first-order valence-corrected chi connectivity index (χ1v) is 9.39. The Morgan fingerprint density at radius 2 is 1.85 bits per heavy atom. The van der Waals surface area contributed by atoms with Gasteiger partial charge in [-0.25, -0.2) is 4.68 Å². The van der Waals surface area contributed by atoms with Crippen molar-refractivity contribution in [2.45, 2.75) is 6.92 Å². The summed E-state index contributed by atoms with van der Waals surface area (Å²) in [6, 6.07) is 4.88. The third-order valence-corrected chi connectivity index (χ3v) is 4.93. The topological polar surface area (TPSA) is 59.4 Å². The molecule has 1 N–H and O–H groups in total. The Labute approximate surface area is 167 Å². The van der Waals surface area contributed by atoms with E-state index in [0.29, 0.717) is 33.0 Å². The highest BCUT2D eigenvalue weighted by atomic mass is 35.5. The quantitative estimate of drug-likeness (QED) is 0.811. The van der Waals surface area contributed by atoms with Gasteiger partial charge in [0.05, 0.1) is 23.3 Å². The lowest BCUT2D eigenvalue weighted by atomic mass is 10.3. The van der Waals surface area contributed by atoms with Crippen LogP contribution in [0.25, 0.3) is 5.69 Å². The summed E-state index contributed by atoms with van der Waals surface area (Å²) in [6.45, 7) is 6.41. The van der Waals surface area contributed by atoms with Crippen LogP contribution in [-0.2, 0) is 4.74 Å². The molecule has 0 bridgehead atoms. The Morgan fingerprint density at radius 3 is 2.50 bits per heavy atom. The molecule has 1 aromatic heterocycles. The van der Waals surface area contributed by atoms with Crippen LogP contribution in [0.2, 0.25) is 15.1 Å². The number of ether oxygens (including phenoxy) is 1. The van der Waals surface area contributed by atoms with Gasteiger partial charge in [-0.05, 0) is 25.1 Å². The van der Waals surface area contributed by atoms with Gasteiger partial charge < -0.3 is 10.1 Å². The highest BCUT2D eigenvalue weighted by Crippen LogP contribution is 2.32. The number of aryl methyl sites for hydroxylation is 1. The van der Waals surface area contributed by atoms with Crippen LogP contribution in [0.4, 0.5) is 0 Å². The molecule has 1 aromatic carbocycles. The second kappa shape index (κ2) is 8.59. The molecule has 0 saturated carbocycles. The predicted octanol–water partition coefficient (Wildman–Crippen LogP) is 3.20. The van der Waals surface area contributed by atoms with Gasteiger partial charge in [0.15, 0.2) is 5.69 Å². The molecule has 0 unspecified atom stereocenters. The van der Waals surface area contributed by atoms with E-state index in [0.717, 1.165) is 38.5 Å². The van der Waals surface area contributed by atoms with Gasteiger partial charge in [0.25, 0.3) is 5.91 Å². The highest BCUT2D eigenvalue weighted by Gasteiger charge is 2.18.